The summed E-state index contributed by atoms with van der Waals surface area (Å²) in [5.74, 6) is 0. The van der Waals surface area contributed by atoms with E-state index < -0.39 is 0 Å². The number of benzene rings is 1. The second-order valence-electron chi connectivity index (χ2n) is 3.14. The summed E-state index contributed by atoms with van der Waals surface area (Å²) in [6.07, 6.45) is 0. The molecule has 1 heterocycles. The Labute approximate surface area is 87.2 Å². The Balaban J connectivity index is 2.22. The van der Waals surface area contributed by atoms with Crippen LogP contribution in [0.4, 0.5) is 5.69 Å². The van der Waals surface area contributed by atoms with Crippen LogP contribution in [0.2, 0.25) is 10.0 Å². The molecule has 0 aliphatic carbocycles. The third-order valence-electron chi connectivity index (χ3n) is 2.21. The van der Waals surface area contributed by atoms with Crippen molar-refractivity contribution >= 4 is 28.9 Å². The molecule has 2 N–H and O–H groups in total. The Morgan fingerprint density at radius 2 is 2.23 bits per heavy atom. The quantitative estimate of drug-likeness (QED) is 0.769. The van der Waals surface area contributed by atoms with E-state index in [1.54, 1.807) is 6.07 Å². The molecule has 0 aromatic heterocycles. The van der Waals surface area contributed by atoms with Crippen molar-refractivity contribution in [2.75, 3.05) is 18.0 Å². The van der Waals surface area contributed by atoms with Crippen LogP contribution in [0.1, 0.15) is 0 Å². The van der Waals surface area contributed by atoms with E-state index in [0.717, 1.165) is 12.2 Å². The molecule has 1 aliphatic heterocycles. The molecule has 2 rings (SSSR count). The zero-order valence-corrected chi connectivity index (χ0v) is 8.52. The molecule has 1 unspecified atom stereocenters. The number of nitrogens with two attached hydrogens (primary N) is 1. The summed E-state index contributed by atoms with van der Waals surface area (Å²) in [7, 11) is 0. The number of halogens is 2. The molecule has 1 saturated heterocycles. The van der Waals surface area contributed by atoms with E-state index in [1.807, 2.05) is 12.1 Å². The average molecular weight is 217 g/mol. The van der Waals surface area contributed by atoms with Crippen molar-refractivity contribution in [3.05, 3.63) is 28.2 Å². The lowest BCUT2D eigenvalue weighted by Crippen LogP contribution is -2.11. The van der Waals surface area contributed by atoms with E-state index in [1.165, 1.54) is 0 Å². The van der Waals surface area contributed by atoms with Crippen LogP contribution in [0, 0.1) is 0 Å². The minimum Gasteiger partial charge on any atom is -0.362 e. The van der Waals surface area contributed by atoms with Crippen molar-refractivity contribution in [1.82, 2.24) is 0 Å². The van der Waals surface area contributed by atoms with Crippen molar-refractivity contribution in [1.29, 1.82) is 0 Å². The van der Waals surface area contributed by atoms with E-state index >= 15 is 0 Å². The third kappa shape index (κ3) is 1.75. The standard InChI is InChI=1S/C9H10Cl2N2/c10-6-1-2-9(8(11)3-6)13-5-7(13)4-12/h1-3,7H,4-5,12H2. The monoisotopic (exact) mass is 216 g/mol. The van der Waals surface area contributed by atoms with Gasteiger partial charge in [0.2, 0.25) is 0 Å². The van der Waals surface area contributed by atoms with Gasteiger partial charge in [0, 0.05) is 18.1 Å². The molecule has 0 saturated carbocycles. The van der Waals surface area contributed by atoms with Gasteiger partial charge in [0.25, 0.3) is 0 Å². The maximum Gasteiger partial charge on any atom is 0.0654 e. The van der Waals surface area contributed by atoms with E-state index in [0.29, 0.717) is 22.6 Å². The van der Waals surface area contributed by atoms with E-state index in [-0.39, 0.29) is 0 Å². The Hall–Kier alpha value is -0.440. The normalized spacial score (nSPS) is 20.5. The molecule has 1 aliphatic rings. The maximum absolute atomic E-state index is 6.02. The van der Waals surface area contributed by atoms with Gasteiger partial charge in [0.15, 0.2) is 0 Å². The van der Waals surface area contributed by atoms with Crippen LogP contribution < -0.4 is 10.6 Å². The summed E-state index contributed by atoms with van der Waals surface area (Å²) in [4.78, 5) is 2.17. The average Bonchev–Trinajstić information content (AvgIpc) is 2.83. The lowest BCUT2D eigenvalue weighted by Gasteiger charge is -2.06. The first kappa shape index (κ1) is 9.13. The highest BCUT2D eigenvalue weighted by atomic mass is 35.5. The van der Waals surface area contributed by atoms with Crippen LogP contribution >= 0.6 is 23.2 Å². The fourth-order valence-electron chi connectivity index (χ4n) is 1.39. The van der Waals surface area contributed by atoms with E-state index in [9.17, 15) is 0 Å². The Bertz CT molecular complexity index is 327. The highest BCUT2D eigenvalue weighted by Gasteiger charge is 2.33. The first-order valence-corrected chi connectivity index (χ1v) is 4.89. The van der Waals surface area contributed by atoms with Crippen molar-refractivity contribution < 1.29 is 0 Å². The molecular formula is C9H10Cl2N2. The van der Waals surface area contributed by atoms with Crippen LogP contribution in [0.5, 0.6) is 0 Å². The van der Waals surface area contributed by atoms with Gasteiger partial charge >= 0.3 is 0 Å². The summed E-state index contributed by atoms with van der Waals surface area (Å²) >= 11 is 11.8. The predicted octanol–water partition coefficient (Wildman–Crippen LogP) is 2.14. The second-order valence-corrected chi connectivity index (χ2v) is 3.98. The van der Waals surface area contributed by atoms with Crippen LogP contribution in [0.25, 0.3) is 0 Å². The molecule has 0 bridgehead atoms. The number of hydrogen-bond donors (Lipinski definition) is 1. The molecule has 0 spiro atoms. The number of hydrogen-bond acceptors (Lipinski definition) is 2. The molecule has 1 aromatic rings. The fraction of sp³-hybridized carbons (Fsp3) is 0.333. The first-order valence-electron chi connectivity index (χ1n) is 4.14. The van der Waals surface area contributed by atoms with Crippen molar-refractivity contribution in [3.8, 4) is 0 Å². The lowest BCUT2D eigenvalue weighted by atomic mass is 10.3. The molecule has 2 nitrogen and oxygen atoms in total. The minimum absolute atomic E-state index is 0.457. The van der Waals surface area contributed by atoms with Gasteiger partial charge in [-0.25, -0.2) is 0 Å². The summed E-state index contributed by atoms with van der Waals surface area (Å²) in [6.45, 7) is 1.68. The molecule has 0 radical (unpaired) electrons. The zero-order valence-electron chi connectivity index (χ0n) is 7.00. The van der Waals surface area contributed by atoms with Gasteiger partial charge in [-0.3, -0.25) is 0 Å². The zero-order chi connectivity index (χ0) is 9.42. The molecular weight excluding hydrogens is 207 g/mol. The summed E-state index contributed by atoms with van der Waals surface area (Å²) in [5, 5.41) is 1.36. The van der Waals surface area contributed by atoms with Crippen LogP contribution in [-0.2, 0) is 0 Å². The number of rotatable bonds is 2. The van der Waals surface area contributed by atoms with Crippen LogP contribution in [0.15, 0.2) is 18.2 Å². The van der Waals surface area contributed by atoms with Crippen molar-refractivity contribution in [3.63, 3.8) is 0 Å². The fourth-order valence-corrected chi connectivity index (χ4v) is 1.91. The molecule has 0 amide bonds. The lowest BCUT2D eigenvalue weighted by molar-refractivity contribution is 0.967. The smallest absolute Gasteiger partial charge is 0.0654 e. The van der Waals surface area contributed by atoms with Gasteiger partial charge < -0.3 is 10.6 Å². The SMILES string of the molecule is NCC1CN1c1ccc(Cl)cc1Cl. The summed E-state index contributed by atoms with van der Waals surface area (Å²) < 4.78 is 0. The van der Waals surface area contributed by atoms with Crippen molar-refractivity contribution in [2.45, 2.75) is 6.04 Å². The van der Waals surface area contributed by atoms with Crippen LogP contribution in [0.3, 0.4) is 0 Å². The number of nitrogens with zero attached hydrogens (tertiary/aromatic N) is 1. The summed E-state index contributed by atoms with van der Waals surface area (Å²) in [5.41, 5.74) is 6.56. The Morgan fingerprint density at radius 1 is 1.46 bits per heavy atom. The van der Waals surface area contributed by atoms with E-state index in [4.69, 9.17) is 28.9 Å². The highest BCUT2D eigenvalue weighted by Crippen LogP contribution is 2.35. The van der Waals surface area contributed by atoms with Gasteiger partial charge in [-0.05, 0) is 18.2 Å². The summed E-state index contributed by atoms with van der Waals surface area (Å²) in [6, 6.07) is 5.98. The van der Waals surface area contributed by atoms with Gasteiger partial charge in [0.1, 0.15) is 0 Å². The molecule has 13 heavy (non-hydrogen) atoms. The Kier molecular flexibility index (Phi) is 2.37. The largest absolute Gasteiger partial charge is 0.362 e. The molecule has 70 valence electrons. The minimum atomic E-state index is 0.457. The number of anilines is 1. The van der Waals surface area contributed by atoms with Gasteiger partial charge in [0.05, 0.1) is 16.8 Å². The molecule has 1 atom stereocenters. The van der Waals surface area contributed by atoms with Gasteiger partial charge in [-0.1, -0.05) is 23.2 Å². The molecule has 1 fully saturated rings. The van der Waals surface area contributed by atoms with Crippen LogP contribution in [-0.4, -0.2) is 19.1 Å². The van der Waals surface area contributed by atoms with Crippen molar-refractivity contribution in [2.24, 2.45) is 5.73 Å². The predicted molar refractivity (Wildman–Crippen MR) is 56.7 cm³/mol. The van der Waals surface area contributed by atoms with Gasteiger partial charge in [-0.2, -0.15) is 0 Å². The third-order valence-corrected chi connectivity index (χ3v) is 2.74. The topological polar surface area (TPSA) is 29.0 Å². The molecule has 1 aromatic carbocycles. The molecule has 4 heteroatoms. The highest BCUT2D eigenvalue weighted by molar-refractivity contribution is 6.36. The van der Waals surface area contributed by atoms with Gasteiger partial charge in [-0.15, -0.1) is 0 Å². The van der Waals surface area contributed by atoms with E-state index in [2.05, 4.69) is 4.90 Å². The first-order chi connectivity index (χ1) is 6.22. The Morgan fingerprint density at radius 3 is 2.77 bits per heavy atom. The maximum atomic E-state index is 6.02. The second kappa shape index (κ2) is 3.37.